The van der Waals surface area contributed by atoms with Gasteiger partial charge in [0.15, 0.2) is 9.84 Å². The van der Waals surface area contributed by atoms with Gasteiger partial charge in [0.1, 0.15) is 0 Å². The Bertz CT molecular complexity index is 878. The number of hydrogen-bond acceptors (Lipinski definition) is 3. The highest BCUT2D eigenvalue weighted by atomic mass is 35.5. The normalized spacial score (nSPS) is 19.8. The van der Waals surface area contributed by atoms with Gasteiger partial charge in [0.05, 0.1) is 10.6 Å². The molecule has 28 heavy (non-hydrogen) atoms. The summed E-state index contributed by atoms with van der Waals surface area (Å²) < 4.78 is 25.0. The molecule has 0 saturated heterocycles. The lowest BCUT2D eigenvalue weighted by molar-refractivity contribution is 0.228. The van der Waals surface area contributed by atoms with Gasteiger partial charge in [-0.1, -0.05) is 41.9 Å². The van der Waals surface area contributed by atoms with Crippen LogP contribution in [0, 0.1) is 5.92 Å². The Morgan fingerprint density at radius 1 is 0.964 bits per heavy atom. The molecule has 2 aromatic rings. The fraction of sp³-hybridized carbons (Fsp3) is 0.381. The van der Waals surface area contributed by atoms with Gasteiger partial charge < -0.3 is 10.6 Å². The molecule has 0 bridgehead atoms. The fourth-order valence-corrected chi connectivity index (χ4v) is 5.37. The maximum Gasteiger partial charge on any atom is 0.315 e. The zero-order valence-corrected chi connectivity index (χ0v) is 17.2. The molecule has 7 heteroatoms. The van der Waals surface area contributed by atoms with E-state index < -0.39 is 9.84 Å². The SMILES string of the molecule is O=C(NCc1ccc(Cl)cc1)NC1CCC(CS(=O)(=O)c2ccccc2)CC1. The van der Waals surface area contributed by atoms with Crippen molar-refractivity contribution in [3.63, 3.8) is 0 Å². The van der Waals surface area contributed by atoms with E-state index >= 15 is 0 Å². The van der Waals surface area contributed by atoms with Crippen LogP contribution in [-0.2, 0) is 16.4 Å². The number of halogens is 1. The Morgan fingerprint density at radius 2 is 1.61 bits per heavy atom. The third-order valence-corrected chi connectivity index (χ3v) is 7.26. The van der Waals surface area contributed by atoms with Gasteiger partial charge in [0, 0.05) is 17.6 Å². The summed E-state index contributed by atoms with van der Waals surface area (Å²) in [7, 11) is -3.25. The van der Waals surface area contributed by atoms with Gasteiger partial charge in [-0.25, -0.2) is 13.2 Å². The highest BCUT2D eigenvalue weighted by Crippen LogP contribution is 2.27. The number of rotatable bonds is 6. The molecular weight excluding hydrogens is 396 g/mol. The van der Waals surface area contributed by atoms with Crippen LogP contribution in [0.15, 0.2) is 59.5 Å². The summed E-state index contributed by atoms with van der Waals surface area (Å²) in [5.41, 5.74) is 0.981. The van der Waals surface area contributed by atoms with Crippen molar-refractivity contribution in [1.29, 1.82) is 0 Å². The quantitative estimate of drug-likeness (QED) is 0.736. The Morgan fingerprint density at radius 3 is 2.25 bits per heavy atom. The summed E-state index contributed by atoms with van der Waals surface area (Å²) in [6, 6.07) is 15.8. The van der Waals surface area contributed by atoms with Crippen LogP contribution in [0.3, 0.4) is 0 Å². The molecule has 0 radical (unpaired) electrons. The number of nitrogens with one attached hydrogen (secondary N) is 2. The van der Waals surface area contributed by atoms with Gasteiger partial charge in [-0.05, 0) is 61.4 Å². The van der Waals surface area contributed by atoms with E-state index in [9.17, 15) is 13.2 Å². The van der Waals surface area contributed by atoms with E-state index in [1.54, 1.807) is 36.4 Å². The zero-order valence-electron chi connectivity index (χ0n) is 15.6. The number of sulfone groups is 1. The zero-order chi connectivity index (χ0) is 20.0. The van der Waals surface area contributed by atoms with Crippen molar-refractivity contribution in [2.45, 2.75) is 43.2 Å². The van der Waals surface area contributed by atoms with Crippen molar-refractivity contribution in [2.24, 2.45) is 5.92 Å². The number of urea groups is 1. The predicted molar refractivity (Wildman–Crippen MR) is 111 cm³/mol. The lowest BCUT2D eigenvalue weighted by Gasteiger charge is -2.29. The molecule has 2 aromatic carbocycles. The summed E-state index contributed by atoms with van der Waals surface area (Å²) in [4.78, 5) is 12.5. The summed E-state index contributed by atoms with van der Waals surface area (Å²) in [6.07, 6.45) is 3.19. The second kappa shape index (κ2) is 9.43. The number of hydrogen-bond donors (Lipinski definition) is 2. The molecule has 150 valence electrons. The van der Waals surface area contributed by atoms with Gasteiger partial charge in [-0.2, -0.15) is 0 Å². The van der Waals surface area contributed by atoms with Crippen LogP contribution in [0.5, 0.6) is 0 Å². The van der Waals surface area contributed by atoms with Gasteiger partial charge >= 0.3 is 6.03 Å². The lowest BCUT2D eigenvalue weighted by atomic mass is 9.87. The smallest absolute Gasteiger partial charge is 0.315 e. The van der Waals surface area contributed by atoms with Crippen LogP contribution in [-0.4, -0.2) is 26.2 Å². The molecule has 1 fully saturated rings. The molecule has 0 unspecified atom stereocenters. The van der Waals surface area contributed by atoms with E-state index in [1.165, 1.54) is 0 Å². The second-order valence-electron chi connectivity index (χ2n) is 7.27. The average molecular weight is 421 g/mol. The molecule has 3 rings (SSSR count). The molecule has 0 aromatic heterocycles. The van der Waals surface area contributed by atoms with Crippen LogP contribution < -0.4 is 10.6 Å². The molecule has 5 nitrogen and oxygen atoms in total. The molecule has 0 atom stereocenters. The first-order valence-corrected chi connectivity index (χ1v) is 11.5. The van der Waals surface area contributed by atoms with Crippen molar-refractivity contribution in [3.05, 3.63) is 65.2 Å². The second-order valence-corrected chi connectivity index (χ2v) is 9.74. The van der Waals surface area contributed by atoms with Gasteiger partial charge in [-0.15, -0.1) is 0 Å². The van der Waals surface area contributed by atoms with Crippen molar-refractivity contribution >= 4 is 27.5 Å². The minimum absolute atomic E-state index is 0.0842. The summed E-state index contributed by atoms with van der Waals surface area (Å²) >= 11 is 5.85. The molecule has 2 amide bonds. The molecule has 1 aliphatic rings. The number of amides is 2. The average Bonchev–Trinajstić information content (AvgIpc) is 2.69. The van der Waals surface area contributed by atoms with Crippen molar-refractivity contribution in [3.8, 4) is 0 Å². The van der Waals surface area contributed by atoms with Crippen molar-refractivity contribution in [2.75, 3.05) is 5.75 Å². The molecule has 2 N–H and O–H groups in total. The van der Waals surface area contributed by atoms with E-state index in [4.69, 9.17) is 11.6 Å². The summed E-state index contributed by atoms with van der Waals surface area (Å²) in [5, 5.41) is 6.50. The van der Waals surface area contributed by atoms with Crippen LogP contribution in [0.4, 0.5) is 4.79 Å². The third kappa shape index (κ3) is 5.97. The van der Waals surface area contributed by atoms with Crippen molar-refractivity contribution < 1.29 is 13.2 Å². The monoisotopic (exact) mass is 420 g/mol. The van der Waals surface area contributed by atoms with Crippen LogP contribution in [0.25, 0.3) is 0 Å². The molecule has 0 aliphatic heterocycles. The number of carbonyl (C=O) groups is 1. The number of benzene rings is 2. The van der Waals surface area contributed by atoms with E-state index in [0.29, 0.717) is 16.5 Å². The molecule has 0 spiro atoms. The molecular formula is C21H25ClN2O3S. The molecule has 1 saturated carbocycles. The minimum Gasteiger partial charge on any atom is -0.335 e. The van der Waals surface area contributed by atoms with Gasteiger partial charge in [0.25, 0.3) is 0 Å². The van der Waals surface area contributed by atoms with Gasteiger partial charge in [-0.3, -0.25) is 0 Å². The standard InChI is InChI=1S/C21H25ClN2O3S/c22-18-10-6-16(7-11-18)14-23-21(25)24-19-12-8-17(9-13-19)15-28(26,27)20-4-2-1-3-5-20/h1-7,10-11,17,19H,8-9,12-15H2,(H2,23,24,25). The van der Waals surface area contributed by atoms with E-state index in [0.717, 1.165) is 31.2 Å². The first kappa shape index (κ1) is 20.7. The first-order valence-electron chi connectivity index (χ1n) is 9.49. The highest BCUT2D eigenvalue weighted by molar-refractivity contribution is 7.91. The van der Waals surface area contributed by atoms with Crippen LogP contribution in [0.2, 0.25) is 5.02 Å². The largest absolute Gasteiger partial charge is 0.335 e. The summed E-state index contributed by atoms with van der Waals surface area (Å²) in [6.45, 7) is 0.438. The fourth-order valence-electron chi connectivity index (χ4n) is 3.53. The van der Waals surface area contributed by atoms with Crippen molar-refractivity contribution in [1.82, 2.24) is 10.6 Å². The van der Waals surface area contributed by atoms with Gasteiger partial charge in [0.2, 0.25) is 0 Å². The Hall–Kier alpha value is -2.05. The molecule has 0 heterocycles. The maximum atomic E-state index is 12.5. The maximum absolute atomic E-state index is 12.5. The Balaban J connectivity index is 1.41. The summed E-state index contributed by atoms with van der Waals surface area (Å²) in [5.74, 6) is 0.312. The molecule has 1 aliphatic carbocycles. The Kier molecular flexibility index (Phi) is 6.97. The lowest BCUT2D eigenvalue weighted by Crippen LogP contribution is -2.43. The number of carbonyl (C=O) groups excluding carboxylic acids is 1. The Labute approximate surface area is 171 Å². The third-order valence-electron chi connectivity index (χ3n) is 5.11. The topological polar surface area (TPSA) is 75.3 Å². The van der Waals surface area contributed by atoms with E-state index in [1.807, 2.05) is 18.2 Å². The minimum atomic E-state index is -3.25. The van der Waals surface area contributed by atoms with Crippen LogP contribution in [0.1, 0.15) is 31.2 Å². The van der Waals surface area contributed by atoms with E-state index in [2.05, 4.69) is 10.6 Å². The van der Waals surface area contributed by atoms with E-state index in [-0.39, 0.29) is 23.7 Å². The predicted octanol–water partition coefficient (Wildman–Crippen LogP) is 4.17. The van der Waals surface area contributed by atoms with Crippen LogP contribution >= 0.6 is 11.6 Å². The highest BCUT2D eigenvalue weighted by Gasteiger charge is 2.27. The first-order chi connectivity index (χ1) is 13.4.